The van der Waals surface area contributed by atoms with Crippen molar-refractivity contribution in [3.63, 3.8) is 0 Å². The zero-order valence-electron chi connectivity index (χ0n) is 21.8. The van der Waals surface area contributed by atoms with Crippen LogP contribution < -0.4 is 20.7 Å². The Hall–Kier alpha value is -4.13. The van der Waals surface area contributed by atoms with Crippen LogP contribution >= 0.6 is 23.4 Å². The van der Waals surface area contributed by atoms with E-state index in [1.54, 1.807) is 62.4 Å². The average molecular weight is 563 g/mol. The van der Waals surface area contributed by atoms with Crippen LogP contribution in [0.15, 0.2) is 80.9 Å². The van der Waals surface area contributed by atoms with Crippen LogP contribution in [-0.2, 0) is 9.59 Å². The van der Waals surface area contributed by atoms with Gasteiger partial charge in [-0.15, -0.1) is 0 Å². The first-order chi connectivity index (χ1) is 18.7. The van der Waals surface area contributed by atoms with Crippen molar-refractivity contribution in [1.29, 1.82) is 5.26 Å². The van der Waals surface area contributed by atoms with Crippen molar-refractivity contribution in [2.24, 2.45) is 0 Å². The normalized spacial score (nSPS) is 14.9. The summed E-state index contributed by atoms with van der Waals surface area (Å²) in [5.74, 6) is 0.180. The van der Waals surface area contributed by atoms with Gasteiger partial charge in [-0.05, 0) is 62.7 Å². The molecule has 0 aliphatic carbocycles. The molecule has 3 aromatic rings. The van der Waals surface area contributed by atoms with Gasteiger partial charge < -0.3 is 25.1 Å². The van der Waals surface area contributed by atoms with E-state index in [9.17, 15) is 14.9 Å². The summed E-state index contributed by atoms with van der Waals surface area (Å²) in [5, 5.41) is 20.1. The first kappa shape index (κ1) is 27.9. The number of allylic oxidation sites excluding steroid dienone is 2. The number of halogens is 1. The van der Waals surface area contributed by atoms with Gasteiger partial charge in [-0.1, -0.05) is 41.6 Å². The van der Waals surface area contributed by atoms with Gasteiger partial charge in [-0.2, -0.15) is 5.26 Å². The molecule has 2 amide bonds. The number of hydrogen-bond acceptors (Lipinski definition) is 7. The molecule has 0 saturated carbocycles. The molecule has 8 nitrogen and oxygen atoms in total. The Morgan fingerprint density at radius 2 is 1.90 bits per heavy atom. The number of hydrogen-bond donors (Lipinski definition) is 3. The number of nitrogens with one attached hydrogen (secondary N) is 3. The Morgan fingerprint density at radius 1 is 1.13 bits per heavy atom. The van der Waals surface area contributed by atoms with Crippen molar-refractivity contribution in [1.82, 2.24) is 5.32 Å². The number of benzene rings is 2. The van der Waals surface area contributed by atoms with Gasteiger partial charge in [0.2, 0.25) is 5.91 Å². The Labute approximate surface area is 236 Å². The lowest BCUT2D eigenvalue weighted by atomic mass is 9.85. The zero-order chi connectivity index (χ0) is 28.1. The highest BCUT2D eigenvalue weighted by Gasteiger charge is 2.37. The molecule has 1 unspecified atom stereocenters. The summed E-state index contributed by atoms with van der Waals surface area (Å²) in [7, 11) is 1.52. The zero-order valence-corrected chi connectivity index (χ0v) is 23.4. The van der Waals surface area contributed by atoms with Crippen LogP contribution in [0.1, 0.15) is 29.9 Å². The fourth-order valence-electron chi connectivity index (χ4n) is 4.16. The number of methoxy groups -OCH3 is 1. The third-order valence-electron chi connectivity index (χ3n) is 6.10. The second-order valence-corrected chi connectivity index (χ2v) is 10.2. The van der Waals surface area contributed by atoms with Gasteiger partial charge in [-0.3, -0.25) is 9.59 Å². The second-order valence-electron chi connectivity index (χ2n) is 8.85. The maximum Gasteiger partial charge on any atom is 0.254 e. The van der Waals surface area contributed by atoms with Gasteiger partial charge in [-0.25, -0.2) is 0 Å². The maximum atomic E-state index is 13.6. The highest BCUT2D eigenvalue weighted by Crippen LogP contribution is 2.42. The Bertz CT molecular complexity index is 1540. The smallest absolute Gasteiger partial charge is 0.254 e. The summed E-state index contributed by atoms with van der Waals surface area (Å²) in [6, 6.07) is 18.1. The van der Waals surface area contributed by atoms with E-state index in [1.807, 2.05) is 13.0 Å². The second kappa shape index (κ2) is 12.2. The molecule has 1 aliphatic heterocycles. The molecule has 0 saturated heterocycles. The molecule has 0 radical (unpaired) electrons. The summed E-state index contributed by atoms with van der Waals surface area (Å²) in [6.45, 7) is 5.43. The highest BCUT2D eigenvalue weighted by atomic mass is 35.5. The van der Waals surface area contributed by atoms with Gasteiger partial charge in [0.05, 0.1) is 46.7 Å². The predicted octanol–water partition coefficient (Wildman–Crippen LogP) is 6.27. The van der Waals surface area contributed by atoms with Gasteiger partial charge >= 0.3 is 0 Å². The van der Waals surface area contributed by atoms with Crippen molar-refractivity contribution >= 4 is 46.6 Å². The Kier molecular flexibility index (Phi) is 8.69. The molecule has 2 aromatic carbocycles. The molecule has 0 fully saturated rings. The third kappa shape index (κ3) is 6.30. The molecule has 2 heterocycles. The topological polar surface area (TPSA) is 116 Å². The van der Waals surface area contributed by atoms with Crippen LogP contribution in [0.4, 0.5) is 11.4 Å². The lowest BCUT2D eigenvalue weighted by Crippen LogP contribution is -2.31. The van der Waals surface area contributed by atoms with Crippen LogP contribution in [0.25, 0.3) is 0 Å². The van der Waals surface area contributed by atoms with Crippen molar-refractivity contribution in [3.05, 3.63) is 98.6 Å². The number of carbonyl (C=O) groups is 2. The minimum Gasteiger partial charge on any atom is -0.495 e. The van der Waals surface area contributed by atoms with E-state index in [0.29, 0.717) is 50.0 Å². The quantitative estimate of drug-likeness (QED) is 0.296. The number of nitriles is 1. The van der Waals surface area contributed by atoms with Gasteiger partial charge in [0.25, 0.3) is 5.91 Å². The summed E-state index contributed by atoms with van der Waals surface area (Å²) in [4.78, 5) is 26.3. The average Bonchev–Trinajstić information content (AvgIpc) is 3.35. The number of furan rings is 1. The number of nitrogens with zero attached hydrogens (tertiary/aromatic N) is 1. The number of aryl methyl sites for hydroxylation is 2. The molecule has 0 bridgehead atoms. The summed E-state index contributed by atoms with van der Waals surface area (Å²) in [6.07, 6.45) is 0. The fraction of sp³-hybridized carbons (Fsp3) is 0.207. The molecule has 1 aromatic heterocycles. The SMILES string of the molecule is COc1ccccc1NC(=O)C1=C(C)NC(SCC(=O)Nc2ccc(C)c(Cl)c2)=C(C#N)C1c1ccc(C)o1. The van der Waals surface area contributed by atoms with E-state index in [-0.39, 0.29) is 17.2 Å². The molecule has 4 rings (SSSR count). The number of para-hydroxylation sites is 2. The number of thioether (sulfide) groups is 1. The highest BCUT2D eigenvalue weighted by molar-refractivity contribution is 8.03. The van der Waals surface area contributed by atoms with Gasteiger partial charge in [0.15, 0.2) is 0 Å². The van der Waals surface area contributed by atoms with Gasteiger partial charge in [0.1, 0.15) is 17.3 Å². The van der Waals surface area contributed by atoms with E-state index in [4.69, 9.17) is 20.8 Å². The van der Waals surface area contributed by atoms with Crippen molar-refractivity contribution in [3.8, 4) is 11.8 Å². The number of ether oxygens (including phenoxy) is 1. The standard InChI is InChI=1S/C29H27ClN4O4S/c1-16-9-11-19(13-21(16)30)33-25(35)15-39-29-20(14-31)27(24-12-10-17(2)38-24)26(18(3)32-29)28(36)34-22-7-5-6-8-23(22)37-4/h5-13,27,32H,15H2,1-4H3,(H,33,35)(H,34,36). The summed E-state index contributed by atoms with van der Waals surface area (Å²) >= 11 is 7.34. The molecule has 3 N–H and O–H groups in total. The van der Waals surface area contributed by atoms with Crippen molar-refractivity contribution < 1.29 is 18.7 Å². The van der Waals surface area contributed by atoms with E-state index >= 15 is 0 Å². The number of anilines is 2. The number of amides is 2. The van der Waals surface area contributed by atoms with Crippen molar-refractivity contribution in [2.75, 3.05) is 23.5 Å². The maximum absolute atomic E-state index is 13.6. The van der Waals surface area contributed by atoms with Crippen LogP contribution in [0.5, 0.6) is 5.75 Å². The Balaban J connectivity index is 1.61. The molecule has 0 spiro atoms. The number of dihydropyridines is 1. The van der Waals surface area contributed by atoms with Crippen LogP contribution in [0.3, 0.4) is 0 Å². The van der Waals surface area contributed by atoms with E-state index < -0.39 is 11.8 Å². The molecule has 39 heavy (non-hydrogen) atoms. The van der Waals surface area contributed by atoms with Crippen molar-refractivity contribution in [2.45, 2.75) is 26.7 Å². The molecule has 1 atom stereocenters. The lowest BCUT2D eigenvalue weighted by molar-refractivity contribution is -0.114. The van der Waals surface area contributed by atoms with E-state index in [2.05, 4.69) is 22.0 Å². The monoisotopic (exact) mass is 562 g/mol. The first-order valence-electron chi connectivity index (χ1n) is 12.0. The third-order valence-corrected chi connectivity index (χ3v) is 7.52. The fourth-order valence-corrected chi connectivity index (χ4v) is 5.24. The molecular weight excluding hydrogens is 536 g/mol. The lowest BCUT2D eigenvalue weighted by Gasteiger charge is -2.28. The Morgan fingerprint density at radius 3 is 2.56 bits per heavy atom. The van der Waals surface area contributed by atoms with Gasteiger partial charge in [0, 0.05) is 16.4 Å². The molecule has 10 heteroatoms. The predicted molar refractivity (Wildman–Crippen MR) is 154 cm³/mol. The molecule has 200 valence electrons. The van der Waals surface area contributed by atoms with E-state index in [1.165, 1.54) is 18.9 Å². The minimum atomic E-state index is -0.777. The summed E-state index contributed by atoms with van der Waals surface area (Å²) in [5.41, 5.74) is 3.12. The molecule has 1 aliphatic rings. The minimum absolute atomic E-state index is 0.0267. The number of rotatable bonds is 8. The summed E-state index contributed by atoms with van der Waals surface area (Å²) < 4.78 is 11.3. The number of carbonyl (C=O) groups excluding carboxylic acids is 2. The molecular formula is C29H27ClN4O4S. The van der Waals surface area contributed by atoms with Crippen LogP contribution in [0, 0.1) is 25.2 Å². The van der Waals surface area contributed by atoms with Crippen LogP contribution in [0.2, 0.25) is 5.02 Å². The first-order valence-corrected chi connectivity index (χ1v) is 13.4. The van der Waals surface area contributed by atoms with Crippen LogP contribution in [-0.4, -0.2) is 24.7 Å². The largest absolute Gasteiger partial charge is 0.495 e. The van der Waals surface area contributed by atoms with E-state index in [0.717, 1.165) is 5.56 Å².